The summed E-state index contributed by atoms with van der Waals surface area (Å²) in [5, 5.41) is 2.70. The maximum absolute atomic E-state index is 12.1. The van der Waals surface area contributed by atoms with Crippen LogP contribution in [0.5, 0.6) is 11.5 Å². The number of benzene rings is 2. The number of anilines is 1. The van der Waals surface area contributed by atoms with E-state index in [9.17, 15) is 9.59 Å². The van der Waals surface area contributed by atoms with Gasteiger partial charge in [0.1, 0.15) is 11.5 Å². The predicted molar refractivity (Wildman–Crippen MR) is 106 cm³/mol. The second kappa shape index (κ2) is 10.5. The topological polar surface area (TPSA) is 73.9 Å². The van der Waals surface area contributed by atoms with Crippen molar-refractivity contribution in [3.63, 3.8) is 0 Å². The third-order valence-corrected chi connectivity index (χ3v) is 4.51. The van der Waals surface area contributed by atoms with Crippen molar-refractivity contribution in [2.75, 3.05) is 24.8 Å². The van der Waals surface area contributed by atoms with Crippen molar-refractivity contribution in [3.8, 4) is 11.5 Å². The Morgan fingerprint density at radius 3 is 2.26 bits per heavy atom. The first-order valence-corrected chi connectivity index (χ1v) is 9.50. The molecule has 0 saturated carbocycles. The third-order valence-electron chi connectivity index (χ3n) is 3.53. The molecule has 0 radical (unpaired) electrons. The van der Waals surface area contributed by atoms with E-state index in [1.807, 2.05) is 31.2 Å². The number of amides is 1. The first kappa shape index (κ1) is 20.6. The fourth-order valence-electron chi connectivity index (χ4n) is 2.14. The maximum Gasteiger partial charge on any atom is 0.317 e. The average Bonchev–Trinajstić information content (AvgIpc) is 2.68. The SMILES string of the molecule is CCOc1ccc(SCC(=O)O[C@@H](C)C(=O)Nc2ccc(OC)cc2)cc1. The number of thioether (sulfide) groups is 1. The van der Waals surface area contributed by atoms with Gasteiger partial charge in [-0.05, 0) is 62.4 Å². The van der Waals surface area contributed by atoms with Crippen LogP contribution in [-0.4, -0.2) is 37.4 Å². The number of rotatable bonds is 9. The zero-order valence-electron chi connectivity index (χ0n) is 15.6. The molecule has 0 fully saturated rings. The lowest BCUT2D eigenvalue weighted by atomic mass is 10.3. The van der Waals surface area contributed by atoms with Gasteiger partial charge in [-0.1, -0.05) is 0 Å². The molecule has 0 bridgehead atoms. The molecule has 0 aliphatic heterocycles. The molecule has 0 aliphatic carbocycles. The zero-order chi connectivity index (χ0) is 19.6. The molecule has 6 nitrogen and oxygen atoms in total. The van der Waals surface area contributed by atoms with Crippen LogP contribution in [0.3, 0.4) is 0 Å². The first-order valence-electron chi connectivity index (χ1n) is 8.52. The number of carbonyl (C=O) groups is 2. The van der Waals surface area contributed by atoms with E-state index in [0.29, 0.717) is 18.0 Å². The van der Waals surface area contributed by atoms with E-state index in [0.717, 1.165) is 10.6 Å². The van der Waals surface area contributed by atoms with E-state index in [-0.39, 0.29) is 11.7 Å². The lowest BCUT2D eigenvalue weighted by Gasteiger charge is -2.13. The van der Waals surface area contributed by atoms with Gasteiger partial charge in [0.05, 0.1) is 19.5 Å². The Balaban J connectivity index is 1.77. The molecule has 0 aliphatic rings. The summed E-state index contributed by atoms with van der Waals surface area (Å²) in [4.78, 5) is 25.0. The normalized spacial score (nSPS) is 11.4. The van der Waals surface area contributed by atoms with Gasteiger partial charge in [0.25, 0.3) is 5.91 Å². The minimum atomic E-state index is -0.888. The Morgan fingerprint density at radius 2 is 1.67 bits per heavy atom. The van der Waals surface area contributed by atoms with Gasteiger partial charge in [-0.25, -0.2) is 0 Å². The van der Waals surface area contributed by atoms with Crippen LogP contribution < -0.4 is 14.8 Å². The maximum atomic E-state index is 12.1. The highest BCUT2D eigenvalue weighted by Gasteiger charge is 2.18. The Morgan fingerprint density at radius 1 is 1.04 bits per heavy atom. The van der Waals surface area contributed by atoms with E-state index < -0.39 is 12.1 Å². The fourth-order valence-corrected chi connectivity index (χ4v) is 2.83. The van der Waals surface area contributed by atoms with Crippen molar-refractivity contribution in [1.82, 2.24) is 0 Å². The highest BCUT2D eigenvalue weighted by atomic mass is 32.2. The predicted octanol–water partition coefficient (Wildman–Crippen LogP) is 3.76. The van der Waals surface area contributed by atoms with E-state index in [4.69, 9.17) is 14.2 Å². The molecular weight excluding hydrogens is 366 g/mol. The Hall–Kier alpha value is -2.67. The second-order valence-corrected chi connectivity index (χ2v) is 6.59. The highest BCUT2D eigenvalue weighted by molar-refractivity contribution is 8.00. The Labute approximate surface area is 163 Å². The zero-order valence-corrected chi connectivity index (χ0v) is 16.4. The Bertz CT molecular complexity index is 746. The summed E-state index contributed by atoms with van der Waals surface area (Å²) in [5.74, 6) is 0.756. The summed E-state index contributed by atoms with van der Waals surface area (Å²) < 4.78 is 15.6. The summed E-state index contributed by atoms with van der Waals surface area (Å²) in [7, 11) is 1.57. The molecule has 2 aromatic carbocycles. The molecule has 1 amide bonds. The van der Waals surface area contributed by atoms with Gasteiger partial charge in [-0.3, -0.25) is 9.59 Å². The first-order chi connectivity index (χ1) is 13.0. The summed E-state index contributed by atoms with van der Waals surface area (Å²) >= 11 is 1.34. The van der Waals surface area contributed by atoms with Gasteiger partial charge < -0.3 is 19.5 Å². The van der Waals surface area contributed by atoms with E-state index >= 15 is 0 Å². The van der Waals surface area contributed by atoms with Crippen molar-refractivity contribution < 1.29 is 23.8 Å². The summed E-state index contributed by atoms with van der Waals surface area (Å²) in [6.45, 7) is 4.07. The van der Waals surface area contributed by atoms with Gasteiger partial charge in [-0.2, -0.15) is 0 Å². The minimum absolute atomic E-state index is 0.119. The molecule has 0 spiro atoms. The number of methoxy groups -OCH3 is 1. The summed E-state index contributed by atoms with van der Waals surface area (Å²) in [6.07, 6.45) is -0.888. The number of hydrogen-bond donors (Lipinski definition) is 1. The van der Waals surface area contributed by atoms with Crippen LogP contribution >= 0.6 is 11.8 Å². The molecule has 1 atom stereocenters. The van der Waals surface area contributed by atoms with Crippen molar-refractivity contribution >= 4 is 29.3 Å². The molecule has 0 heterocycles. The molecule has 2 rings (SSSR count). The number of esters is 1. The molecule has 7 heteroatoms. The number of nitrogens with one attached hydrogen (secondary N) is 1. The van der Waals surface area contributed by atoms with Crippen LogP contribution in [0.2, 0.25) is 0 Å². The van der Waals surface area contributed by atoms with E-state index in [1.165, 1.54) is 18.7 Å². The van der Waals surface area contributed by atoms with E-state index in [1.54, 1.807) is 31.4 Å². The van der Waals surface area contributed by atoms with Gasteiger partial charge in [-0.15, -0.1) is 11.8 Å². The van der Waals surface area contributed by atoms with Crippen LogP contribution in [0, 0.1) is 0 Å². The third kappa shape index (κ3) is 6.86. The largest absolute Gasteiger partial charge is 0.497 e. The number of carbonyl (C=O) groups excluding carboxylic acids is 2. The van der Waals surface area contributed by atoms with Gasteiger partial charge in [0.2, 0.25) is 0 Å². The van der Waals surface area contributed by atoms with Crippen LogP contribution in [-0.2, 0) is 14.3 Å². The molecule has 27 heavy (non-hydrogen) atoms. The highest BCUT2D eigenvalue weighted by Crippen LogP contribution is 2.22. The van der Waals surface area contributed by atoms with Crippen molar-refractivity contribution in [2.45, 2.75) is 24.8 Å². The van der Waals surface area contributed by atoms with Crippen molar-refractivity contribution in [3.05, 3.63) is 48.5 Å². The van der Waals surface area contributed by atoms with Crippen LogP contribution in [0.4, 0.5) is 5.69 Å². The smallest absolute Gasteiger partial charge is 0.317 e. The molecule has 0 aromatic heterocycles. The fraction of sp³-hybridized carbons (Fsp3) is 0.300. The minimum Gasteiger partial charge on any atom is -0.497 e. The molecule has 1 N–H and O–H groups in total. The number of ether oxygens (including phenoxy) is 3. The van der Waals surface area contributed by atoms with E-state index in [2.05, 4.69) is 5.32 Å². The number of hydrogen-bond acceptors (Lipinski definition) is 6. The molecule has 0 unspecified atom stereocenters. The van der Waals surface area contributed by atoms with Crippen molar-refractivity contribution in [1.29, 1.82) is 0 Å². The quantitative estimate of drug-likeness (QED) is 0.520. The molecular formula is C20H23NO5S. The Kier molecular flexibility index (Phi) is 8.00. The van der Waals surface area contributed by atoms with Crippen LogP contribution in [0.25, 0.3) is 0 Å². The average molecular weight is 389 g/mol. The lowest BCUT2D eigenvalue weighted by molar-refractivity contribution is -0.150. The van der Waals surface area contributed by atoms with Gasteiger partial charge in [0.15, 0.2) is 6.10 Å². The van der Waals surface area contributed by atoms with Crippen molar-refractivity contribution in [2.24, 2.45) is 0 Å². The molecule has 144 valence electrons. The molecule has 0 saturated heterocycles. The summed E-state index contributed by atoms with van der Waals surface area (Å²) in [6, 6.07) is 14.4. The van der Waals surface area contributed by atoms with Gasteiger partial charge in [0, 0.05) is 10.6 Å². The standard InChI is InChI=1S/C20H23NO5S/c1-4-25-17-9-11-18(12-10-17)27-13-19(22)26-14(2)20(23)21-15-5-7-16(24-3)8-6-15/h5-12,14H,4,13H2,1-3H3,(H,21,23)/t14-/m0/s1. The van der Waals surface area contributed by atoms with Crippen LogP contribution in [0.15, 0.2) is 53.4 Å². The second-order valence-electron chi connectivity index (χ2n) is 5.54. The van der Waals surface area contributed by atoms with Gasteiger partial charge >= 0.3 is 5.97 Å². The summed E-state index contributed by atoms with van der Waals surface area (Å²) in [5.41, 5.74) is 0.604. The molecule has 2 aromatic rings. The lowest BCUT2D eigenvalue weighted by Crippen LogP contribution is -2.30. The van der Waals surface area contributed by atoms with Crippen LogP contribution in [0.1, 0.15) is 13.8 Å². The monoisotopic (exact) mass is 389 g/mol.